The molecule has 1 unspecified atom stereocenters. The van der Waals surface area contributed by atoms with Crippen LogP contribution in [0.2, 0.25) is 0 Å². The third kappa shape index (κ3) is 3.09. The van der Waals surface area contributed by atoms with Gasteiger partial charge in [-0.2, -0.15) is 4.31 Å². The van der Waals surface area contributed by atoms with E-state index in [0.29, 0.717) is 0 Å². The van der Waals surface area contributed by atoms with Crippen LogP contribution in [0.15, 0.2) is 64.4 Å². The lowest BCUT2D eigenvalue weighted by Crippen LogP contribution is -2.32. The van der Waals surface area contributed by atoms with Crippen LogP contribution in [0.3, 0.4) is 0 Å². The first-order valence-electron chi connectivity index (χ1n) is 7.36. The molecule has 128 valence electrons. The molecule has 8 heteroatoms. The van der Waals surface area contributed by atoms with Gasteiger partial charge < -0.3 is 0 Å². The Morgan fingerprint density at radius 3 is 2.12 bits per heavy atom. The smallest absolute Gasteiger partial charge is 0.223 e. The number of benzene rings is 2. The van der Waals surface area contributed by atoms with Crippen molar-refractivity contribution in [3.63, 3.8) is 0 Å². The highest BCUT2D eigenvalue weighted by molar-refractivity contribution is 7.92. The first kappa shape index (κ1) is 17.1. The molecule has 1 aliphatic heterocycles. The zero-order valence-corrected chi connectivity index (χ0v) is 14.3. The van der Waals surface area contributed by atoms with E-state index in [0.717, 1.165) is 16.4 Å². The van der Waals surface area contributed by atoms with Gasteiger partial charge in [0.2, 0.25) is 10.0 Å². The summed E-state index contributed by atoms with van der Waals surface area (Å²) in [7, 11) is -7.42. The van der Waals surface area contributed by atoms with Gasteiger partial charge in [0.05, 0.1) is 15.0 Å². The lowest BCUT2D eigenvalue weighted by atomic mass is 10.4. The number of nitrogens with zero attached hydrogens (tertiary/aromatic N) is 1. The molecule has 1 atom stereocenters. The number of sulfone groups is 1. The highest BCUT2D eigenvalue weighted by Crippen LogP contribution is 2.28. The molecule has 2 aromatic carbocycles. The van der Waals surface area contributed by atoms with Crippen molar-refractivity contribution in [3.05, 3.63) is 60.4 Å². The maximum atomic E-state index is 13.0. The lowest BCUT2D eigenvalue weighted by Gasteiger charge is -2.17. The molecule has 2 aromatic rings. The summed E-state index contributed by atoms with van der Waals surface area (Å²) in [5.74, 6) is -0.528. The molecule has 0 N–H and O–H groups in total. The van der Waals surface area contributed by atoms with E-state index in [9.17, 15) is 21.2 Å². The summed E-state index contributed by atoms with van der Waals surface area (Å²) in [4.78, 5) is 0.151. The Morgan fingerprint density at radius 2 is 1.50 bits per heavy atom. The van der Waals surface area contributed by atoms with Gasteiger partial charge in [0.1, 0.15) is 5.82 Å². The number of hydrogen-bond donors (Lipinski definition) is 0. The quantitative estimate of drug-likeness (QED) is 0.827. The van der Waals surface area contributed by atoms with Crippen LogP contribution in [0.5, 0.6) is 0 Å². The van der Waals surface area contributed by atoms with Gasteiger partial charge in [0.15, 0.2) is 9.84 Å². The second kappa shape index (κ2) is 6.27. The normalized spacial score (nSPS) is 19.5. The molecule has 1 aliphatic rings. The molecule has 24 heavy (non-hydrogen) atoms. The molecular weight excluding hydrogens is 353 g/mol. The summed E-state index contributed by atoms with van der Waals surface area (Å²) in [6.07, 6.45) is 0.234. The van der Waals surface area contributed by atoms with Crippen molar-refractivity contribution in [1.29, 1.82) is 0 Å². The Morgan fingerprint density at radius 1 is 0.875 bits per heavy atom. The molecule has 0 aromatic heterocycles. The molecule has 0 aliphatic carbocycles. The van der Waals surface area contributed by atoms with Gasteiger partial charge in [-0.1, -0.05) is 18.2 Å². The van der Waals surface area contributed by atoms with Gasteiger partial charge >= 0.3 is 0 Å². The van der Waals surface area contributed by atoms with Crippen LogP contribution in [-0.4, -0.2) is 39.5 Å². The van der Waals surface area contributed by atoms with Crippen LogP contribution in [-0.2, 0) is 19.9 Å². The third-order valence-corrected chi connectivity index (χ3v) is 8.14. The Balaban J connectivity index is 1.84. The standard InChI is InChI=1S/C16H16FNO4S2/c17-13-6-8-15(9-7-13)24(21,22)18-11-10-16(12-18)23(19,20)14-4-2-1-3-5-14/h1-9,16H,10-12H2. The first-order valence-corrected chi connectivity index (χ1v) is 10.3. The van der Waals surface area contributed by atoms with Gasteiger partial charge in [-0.3, -0.25) is 0 Å². The van der Waals surface area contributed by atoms with Crippen molar-refractivity contribution < 1.29 is 21.2 Å². The maximum absolute atomic E-state index is 13.0. The SMILES string of the molecule is O=S(=O)(c1ccccc1)C1CCN(S(=O)(=O)c2ccc(F)cc2)C1. The van der Waals surface area contributed by atoms with E-state index in [4.69, 9.17) is 0 Å². The molecule has 3 rings (SSSR count). The summed E-state index contributed by atoms with van der Waals surface area (Å²) in [6.45, 7) is 0.0212. The predicted octanol–water partition coefficient (Wildman–Crippen LogP) is 2.06. The molecule has 0 radical (unpaired) electrons. The van der Waals surface area contributed by atoms with Crippen LogP contribution >= 0.6 is 0 Å². The number of hydrogen-bond acceptors (Lipinski definition) is 4. The van der Waals surface area contributed by atoms with Crippen molar-refractivity contribution >= 4 is 19.9 Å². The summed E-state index contributed by atoms with van der Waals surface area (Å²) < 4.78 is 64.5. The Labute approximate surface area is 140 Å². The van der Waals surface area contributed by atoms with Gasteiger partial charge in [0, 0.05) is 13.1 Å². The van der Waals surface area contributed by atoms with Crippen LogP contribution in [0.25, 0.3) is 0 Å². The van der Waals surface area contributed by atoms with E-state index in [1.165, 1.54) is 24.3 Å². The molecule has 5 nitrogen and oxygen atoms in total. The molecular formula is C16H16FNO4S2. The third-order valence-electron chi connectivity index (χ3n) is 4.07. The predicted molar refractivity (Wildman–Crippen MR) is 87.2 cm³/mol. The molecule has 0 saturated carbocycles. The second-order valence-electron chi connectivity index (χ2n) is 5.59. The summed E-state index contributed by atoms with van der Waals surface area (Å²) in [5.41, 5.74) is 0. The summed E-state index contributed by atoms with van der Waals surface area (Å²) in [5, 5.41) is -0.782. The molecule has 1 heterocycles. The van der Waals surface area contributed by atoms with E-state index in [-0.39, 0.29) is 29.3 Å². The Kier molecular flexibility index (Phi) is 4.46. The minimum Gasteiger partial charge on any atom is -0.223 e. The fourth-order valence-corrected chi connectivity index (χ4v) is 6.04. The monoisotopic (exact) mass is 369 g/mol. The van der Waals surface area contributed by atoms with Crippen LogP contribution in [0.1, 0.15) is 6.42 Å². The second-order valence-corrected chi connectivity index (χ2v) is 9.75. The van der Waals surface area contributed by atoms with Crippen LogP contribution in [0.4, 0.5) is 4.39 Å². The molecule has 1 fully saturated rings. The summed E-state index contributed by atoms with van der Waals surface area (Å²) >= 11 is 0. The van der Waals surface area contributed by atoms with E-state index >= 15 is 0 Å². The lowest BCUT2D eigenvalue weighted by molar-refractivity contribution is 0.476. The van der Waals surface area contributed by atoms with Gasteiger partial charge in [-0.05, 0) is 42.8 Å². The van der Waals surface area contributed by atoms with Crippen molar-refractivity contribution in [1.82, 2.24) is 4.31 Å². The fourth-order valence-electron chi connectivity index (χ4n) is 2.73. The van der Waals surface area contributed by atoms with Crippen molar-refractivity contribution in [3.8, 4) is 0 Å². The zero-order chi connectivity index (χ0) is 17.4. The van der Waals surface area contributed by atoms with Crippen molar-refractivity contribution in [2.75, 3.05) is 13.1 Å². The zero-order valence-electron chi connectivity index (χ0n) is 12.7. The first-order chi connectivity index (χ1) is 11.3. The highest BCUT2D eigenvalue weighted by atomic mass is 32.2. The number of halogens is 1. The van der Waals surface area contributed by atoms with E-state index in [1.54, 1.807) is 18.2 Å². The average molecular weight is 369 g/mol. The Bertz CT molecular complexity index is 926. The van der Waals surface area contributed by atoms with Crippen molar-refractivity contribution in [2.24, 2.45) is 0 Å². The molecule has 0 spiro atoms. The largest absolute Gasteiger partial charge is 0.243 e. The molecule has 0 amide bonds. The maximum Gasteiger partial charge on any atom is 0.243 e. The number of rotatable bonds is 4. The van der Waals surface area contributed by atoms with Gasteiger partial charge in [-0.25, -0.2) is 21.2 Å². The van der Waals surface area contributed by atoms with Gasteiger partial charge in [-0.15, -0.1) is 0 Å². The number of sulfonamides is 1. The van der Waals surface area contributed by atoms with Crippen molar-refractivity contribution in [2.45, 2.75) is 21.5 Å². The fraction of sp³-hybridized carbons (Fsp3) is 0.250. The molecule has 1 saturated heterocycles. The minimum absolute atomic E-state index is 0.0401. The Hall–Kier alpha value is -1.77. The van der Waals surface area contributed by atoms with Gasteiger partial charge in [0.25, 0.3) is 0 Å². The average Bonchev–Trinajstić information content (AvgIpc) is 3.08. The summed E-state index contributed by atoms with van der Waals surface area (Å²) in [6, 6.07) is 12.5. The van der Waals surface area contributed by atoms with Crippen LogP contribution in [0, 0.1) is 5.82 Å². The van der Waals surface area contributed by atoms with E-state index in [2.05, 4.69) is 0 Å². The van der Waals surface area contributed by atoms with Crippen LogP contribution < -0.4 is 0 Å². The minimum atomic E-state index is -3.83. The highest BCUT2D eigenvalue weighted by Gasteiger charge is 2.39. The van der Waals surface area contributed by atoms with E-state index in [1.807, 2.05) is 0 Å². The van der Waals surface area contributed by atoms with E-state index < -0.39 is 30.9 Å². The topological polar surface area (TPSA) is 71.5 Å². The molecule has 0 bridgehead atoms.